The highest BCUT2D eigenvalue weighted by molar-refractivity contribution is 6.30. The fourth-order valence-corrected chi connectivity index (χ4v) is 0.909. The minimum Gasteiger partial charge on any atom is -0.321 e. The molecule has 1 rings (SSSR count). The molecule has 0 saturated carbocycles. The first kappa shape index (κ1) is 7.69. The zero-order valence-electron chi connectivity index (χ0n) is 5.02. The SMILES string of the molecule is NC1C(Cl)=CC(F)=CC1F. The van der Waals surface area contributed by atoms with Crippen LogP contribution in [0.2, 0.25) is 0 Å². The van der Waals surface area contributed by atoms with Crippen LogP contribution in [0.1, 0.15) is 0 Å². The molecule has 4 heteroatoms. The number of alkyl halides is 1. The van der Waals surface area contributed by atoms with Gasteiger partial charge in [-0.25, -0.2) is 8.78 Å². The summed E-state index contributed by atoms with van der Waals surface area (Å²) in [6.07, 6.45) is 0.316. The minimum atomic E-state index is -1.50. The molecule has 0 amide bonds. The summed E-state index contributed by atoms with van der Waals surface area (Å²) in [5, 5.41) is 0.0208. The van der Waals surface area contributed by atoms with E-state index >= 15 is 0 Å². The van der Waals surface area contributed by atoms with Gasteiger partial charge in [0.15, 0.2) is 0 Å². The lowest BCUT2D eigenvalue weighted by Crippen LogP contribution is -2.32. The van der Waals surface area contributed by atoms with E-state index in [2.05, 4.69) is 0 Å². The third kappa shape index (κ3) is 1.36. The van der Waals surface area contributed by atoms with Gasteiger partial charge >= 0.3 is 0 Å². The normalized spacial score (nSPS) is 33.2. The van der Waals surface area contributed by atoms with E-state index in [1.807, 2.05) is 0 Å². The van der Waals surface area contributed by atoms with Crippen molar-refractivity contribution in [2.75, 3.05) is 0 Å². The fourth-order valence-electron chi connectivity index (χ4n) is 0.684. The highest BCUT2D eigenvalue weighted by Gasteiger charge is 2.22. The van der Waals surface area contributed by atoms with Crippen molar-refractivity contribution in [1.29, 1.82) is 0 Å². The van der Waals surface area contributed by atoms with E-state index in [-0.39, 0.29) is 5.03 Å². The van der Waals surface area contributed by atoms with Crippen molar-refractivity contribution in [1.82, 2.24) is 0 Å². The standard InChI is InChI=1S/C6H6ClF2N/c7-4-1-3(8)2-5(9)6(4)10/h1-2,5-6H,10H2. The van der Waals surface area contributed by atoms with Crippen LogP contribution in [0.3, 0.4) is 0 Å². The second-order valence-corrected chi connectivity index (χ2v) is 2.49. The van der Waals surface area contributed by atoms with Gasteiger partial charge in [-0.05, 0) is 12.2 Å². The topological polar surface area (TPSA) is 26.0 Å². The summed E-state index contributed by atoms with van der Waals surface area (Å²) in [5.74, 6) is -0.667. The molecule has 0 aliphatic heterocycles. The van der Waals surface area contributed by atoms with Crippen molar-refractivity contribution in [3.8, 4) is 0 Å². The van der Waals surface area contributed by atoms with Crippen molar-refractivity contribution in [2.24, 2.45) is 5.73 Å². The third-order valence-electron chi connectivity index (χ3n) is 1.26. The molecule has 0 radical (unpaired) electrons. The molecular formula is C6H6ClF2N. The second-order valence-electron chi connectivity index (χ2n) is 2.05. The van der Waals surface area contributed by atoms with Gasteiger partial charge in [0.2, 0.25) is 0 Å². The van der Waals surface area contributed by atoms with E-state index in [0.717, 1.165) is 12.2 Å². The molecule has 0 heterocycles. The van der Waals surface area contributed by atoms with Crippen molar-refractivity contribution < 1.29 is 8.78 Å². The Hall–Kier alpha value is -0.410. The Morgan fingerprint density at radius 3 is 2.70 bits per heavy atom. The molecule has 2 unspecified atom stereocenters. The molecule has 1 aliphatic rings. The molecule has 10 heavy (non-hydrogen) atoms. The van der Waals surface area contributed by atoms with Crippen LogP contribution < -0.4 is 5.73 Å². The van der Waals surface area contributed by atoms with Crippen molar-refractivity contribution in [2.45, 2.75) is 12.2 Å². The average Bonchev–Trinajstić information content (AvgIpc) is 1.82. The van der Waals surface area contributed by atoms with Gasteiger partial charge < -0.3 is 5.73 Å². The Morgan fingerprint density at radius 2 is 2.20 bits per heavy atom. The molecule has 0 spiro atoms. The van der Waals surface area contributed by atoms with E-state index in [1.54, 1.807) is 0 Å². The number of rotatable bonds is 0. The summed E-state index contributed by atoms with van der Waals surface area (Å²) >= 11 is 5.37. The summed E-state index contributed by atoms with van der Waals surface area (Å²) in [6, 6.07) is -0.902. The molecule has 0 aromatic carbocycles. The monoisotopic (exact) mass is 165 g/mol. The molecule has 0 fully saturated rings. The predicted molar refractivity (Wildman–Crippen MR) is 36.0 cm³/mol. The maximum absolute atomic E-state index is 12.5. The third-order valence-corrected chi connectivity index (χ3v) is 1.62. The maximum Gasteiger partial charge on any atom is 0.141 e. The molecule has 2 atom stereocenters. The molecular weight excluding hydrogens is 160 g/mol. The molecule has 1 aliphatic carbocycles. The molecule has 1 nitrogen and oxygen atoms in total. The van der Waals surface area contributed by atoms with Crippen molar-refractivity contribution in [3.63, 3.8) is 0 Å². The van der Waals surface area contributed by atoms with E-state index in [0.29, 0.717) is 0 Å². The van der Waals surface area contributed by atoms with E-state index < -0.39 is 18.0 Å². The Labute approximate surface area is 62.2 Å². The van der Waals surface area contributed by atoms with Gasteiger partial charge in [0.1, 0.15) is 12.0 Å². The van der Waals surface area contributed by atoms with Crippen LogP contribution in [0.4, 0.5) is 8.78 Å². The average molecular weight is 166 g/mol. The van der Waals surface area contributed by atoms with Crippen LogP contribution in [0, 0.1) is 0 Å². The van der Waals surface area contributed by atoms with E-state index in [4.69, 9.17) is 17.3 Å². The van der Waals surface area contributed by atoms with Gasteiger partial charge in [-0.1, -0.05) is 11.6 Å². The molecule has 0 saturated heterocycles. The van der Waals surface area contributed by atoms with E-state index in [9.17, 15) is 8.78 Å². The van der Waals surface area contributed by atoms with Gasteiger partial charge in [-0.15, -0.1) is 0 Å². The molecule has 0 bridgehead atoms. The van der Waals surface area contributed by atoms with E-state index in [1.165, 1.54) is 0 Å². The maximum atomic E-state index is 12.5. The zero-order valence-corrected chi connectivity index (χ0v) is 5.78. The van der Waals surface area contributed by atoms with Crippen molar-refractivity contribution >= 4 is 11.6 Å². The first-order valence-corrected chi connectivity index (χ1v) is 3.13. The Bertz CT molecular complexity index is 200. The summed E-state index contributed by atoms with van der Waals surface area (Å²) in [7, 11) is 0. The second kappa shape index (κ2) is 2.68. The predicted octanol–water partition coefficient (Wildman–Crippen LogP) is 1.64. The van der Waals surface area contributed by atoms with Crippen LogP contribution >= 0.6 is 11.6 Å². The van der Waals surface area contributed by atoms with Crippen LogP contribution in [0.25, 0.3) is 0 Å². The van der Waals surface area contributed by atoms with Crippen LogP contribution in [0.5, 0.6) is 0 Å². The lowest BCUT2D eigenvalue weighted by Gasteiger charge is -2.15. The summed E-state index contributed by atoms with van der Waals surface area (Å²) in [5.41, 5.74) is 5.20. The van der Waals surface area contributed by atoms with Crippen LogP contribution in [-0.4, -0.2) is 12.2 Å². The van der Waals surface area contributed by atoms with Gasteiger partial charge in [0.25, 0.3) is 0 Å². The first-order valence-electron chi connectivity index (χ1n) is 2.75. The van der Waals surface area contributed by atoms with Gasteiger partial charge in [0.05, 0.1) is 6.04 Å². The number of allylic oxidation sites excluding steroid dienone is 2. The van der Waals surface area contributed by atoms with Crippen LogP contribution in [0.15, 0.2) is 23.0 Å². The summed E-state index contributed by atoms with van der Waals surface area (Å²) in [6.45, 7) is 0. The lowest BCUT2D eigenvalue weighted by atomic mass is 10.1. The smallest absolute Gasteiger partial charge is 0.141 e. The number of hydrogen-bond donors (Lipinski definition) is 1. The number of nitrogens with two attached hydrogens (primary N) is 1. The van der Waals surface area contributed by atoms with Crippen LogP contribution in [-0.2, 0) is 0 Å². The quantitative estimate of drug-likeness (QED) is 0.580. The fraction of sp³-hybridized carbons (Fsp3) is 0.333. The molecule has 0 aromatic rings. The van der Waals surface area contributed by atoms with Gasteiger partial charge in [0, 0.05) is 5.03 Å². The largest absolute Gasteiger partial charge is 0.321 e. The Kier molecular flexibility index (Phi) is 2.06. The Morgan fingerprint density at radius 1 is 1.60 bits per heavy atom. The number of hydrogen-bond acceptors (Lipinski definition) is 1. The summed E-state index contributed by atoms with van der Waals surface area (Å²) in [4.78, 5) is 0. The zero-order chi connectivity index (χ0) is 7.72. The lowest BCUT2D eigenvalue weighted by molar-refractivity contribution is 0.357. The van der Waals surface area contributed by atoms with Crippen molar-refractivity contribution in [3.05, 3.63) is 23.0 Å². The molecule has 56 valence electrons. The minimum absolute atomic E-state index is 0.0208. The molecule has 2 N–H and O–H groups in total. The number of halogens is 3. The highest BCUT2D eigenvalue weighted by atomic mass is 35.5. The highest BCUT2D eigenvalue weighted by Crippen LogP contribution is 2.22. The summed E-state index contributed by atoms with van der Waals surface area (Å²) < 4.78 is 24.8. The Balaban J connectivity index is 2.85. The van der Waals surface area contributed by atoms with Gasteiger partial charge in [-0.2, -0.15) is 0 Å². The first-order chi connectivity index (χ1) is 4.61. The molecule has 0 aromatic heterocycles. The van der Waals surface area contributed by atoms with Gasteiger partial charge in [-0.3, -0.25) is 0 Å².